The van der Waals surface area contributed by atoms with Gasteiger partial charge in [0.2, 0.25) is 0 Å². The van der Waals surface area contributed by atoms with Crippen LogP contribution in [-0.2, 0) is 6.54 Å². The van der Waals surface area contributed by atoms with Crippen LogP contribution in [-0.4, -0.2) is 28.0 Å². The van der Waals surface area contributed by atoms with Crippen LogP contribution in [0.15, 0.2) is 48.7 Å². The molecule has 3 aromatic rings. The number of benzene rings is 2. The number of amides is 1. The number of halogens is 2. The molecule has 25 heavy (non-hydrogen) atoms. The highest BCUT2D eigenvalue weighted by molar-refractivity contribution is 6.42. The molecule has 1 N–H and O–H groups in total. The molecule has 0 aliphatic heterocycles. The van der Waals surface area contributed by atoms with E-state index in [-0.39, 0.29) is 12.5 Å². The van der Waals surface area contributed by atoms with Crippen LogP contribution < -0.4 is 10.1 Å². The highest BCUT2D eigenvalue weighted by Crippen LogP contribution is 2.22. The zero-order valence-electron chi connectivity index (χ0n) is 13.2. The SMILES string of the molecule is COc1cccc(-n2cc(CNC(=O)c3ccc(Cl)c(Cl)c3)nn2)c1. The van der Waals surface area contributed by atoms with Gasteiger partial charge < -0.3 is 10.1 Å². The molecule has 0 aliphatic carbocycles. The molecule has 1 aromatic heterocycles. The molecule has 1 amide bonds. The third kappa shape index (κ3) is 4.10. The van der Waals surface area contributed by atoms with Crippen molar-refractivity contribution in [3.05, 3.63) is 70.0 Å². The number of hydrogen-bond donors (Lipinski definition) is 1. The van der Waals surface area contributed by atoms with Crippen molar-refractivity contribution in [2.24, 2.45) is 0 Å². The van der Waals surface area contributed by atoms with Crippen LogP contribution in [0, 0.1) is 0 Å². The lowest BCUT2D eigenvalue weighted by atomic mass is 10.2. The quantitative estimate of drug-likeness (QED) is 0.739. The summed E-state index contributed by atoms with van der Waals surface area (Å²) in [5.41, 5.74) is 1.86. The van der Waals surface area contributed by atoms with Gasteiger partial charge in [0, 0.05) is 11.6 Å². The van der Waals surface area contributed by atoms with Crippen molar-refractivity contribution in [2.75, 3.05) is 7.11 Å². The van der Waals surface area contributed by atoms with Crippen LogP contribution in [0.2, 0.25) is 10.0 Å². The molecule has 0 spiro atoms. The van der Waals surface area contributed by atoms with Crippen molar-refractivity contribution in [3.8, 4) is 11.4 Å². The predicted molar refractivity (Wildman–Crippen MR) is 95.5 cm³/mol. The van der Waals surface area contributed by atoms with Crippen molar-refractivity contribution in [3.63, 3.8) is 0 Å². The number of hydrogen-bond acceptors (Lipinski definition) is 4. The first-order valence-electron chi connectivity index (χ1n) is 7.36. The first-order chi connectivity index (χ1) is 12.1. The van der Waals surface area contributed by atoms with Crippen molar-refractivity contribution in [1.82, 2.24) is 20.3 Å². The molecule has 1 heterocycles. The summed E-state index contributed by atoms with van der Waals surface area (Å²) in [6.07, 6.45) is 1.74. The van der Waals surface area contributed by atoms with Gasteiger partial charge in [-0.3, -0.25) is 4.79 Å². The summed E-state index contributed by atoms with van der Waals surface area (Å²) in [6.45, 7) is 0.239. The van der Waals surface area contributed by atoms with Gasteiger partial charge >= 0.3 is 0 Å². The lowest BCUT2D eigenvalue weighted by Gasteiger charge is -2.04. The summed E-state index contributed by atoms with van der Waals surface area (Å²) < 4.78 is 6.80. The van der Waals surface area contributed by atoms with Crippen LogP contribution in [0.1, 0.15) is 16.1 Å². The summed E-state index contributed by atoms with van der Waals surface area (Å²) in [5, 5.41) is 11.6. The molecule has 0 aliphatic rings. The minimum atomic E-state index is -0.269. The number of carbonyl (C=O) groups excluding carboxylic acids is 1. The highest BCUT2D eigenvalue weighted by Gasteiger charge is 2.10. The number of ether oxygens (including phenoxy) is 1. The average molecular weight is 377 g/mol. The second-order valence-electron chi connectivity index (χ2n) is 5.17. The maximum atomic E-state index is 12.2. The molecule has 0 saturated carbocycles. The molecule has 0 radical (unpaired) electrons. The van der Waals surface area contributed by atoms with Gasteiger partial charge in [-0.2, -0.15) is 0 Å². The fourth-order valence-electron chi connectivity index (χ4n) is 2.17. The van der Waals surface area contributed by atoms with Gasteiger partial charge in [0.25, 0.3) is 5.91 Å². The largest absolute Gasteiger partial charge is 0.497 e. The zero-order valence-corrected chi connectivity index (χ0v) is 14.8. The number of nitrogens with zero attached hydrogens (tertiary/aromatic N) is 3. The molecule has 6 nitrogen and oxygen atoms in total. The normalized spacial score (nSPS) is 10.5. The number of methoxy groups -OCH3 is 1. The van der Waals surface area contributed by atoms with E-state index in [4.69, 9.17) is 27.9 Å². The standard InChI is InChI=1S/C17H14Cl2N4O2/c1-25-14-4-2-3-13(8-14)23-10-12(21-22-23)9-20-17(24)11-5-6-15(18)16(19)7-11/h2-8,10H,9H2,1H3,(H,20,24). The third-order valence-corrected chi connectivity index (χ3v) is 4.21. The minimum absolute atomic E-state index is 0.239. The molecule has 0 unspecified atom stereocenters. The van der Waals surface area contributed by atoms with E-state index in [0.29, 0.717) is 21.3 Å². The van der Waals surface area contributed by atoms with Crippen LogP contribution in [0.25, 0.3) is 5.69 Å². The molecule has 3 rings (SSSR count). The fourth-order valence-corrected chi connectivity index (χ4v) is 2.47. The zero-order chi connectivity index (χ0) is 17.8. The predicted octanol–water partition coefficient (Wildman–Crippen LogP) is 3.51. The van der Waals surface area contributed by atoms with Crippen molar-refractivity contribution in [2.45, 2.75) is 6.54 Å². The van der Waals surface area contributed by atoms with Gasteiger partial charge in [0.15, 0.2) is 0 Å². The topological polar surface area (TPSA) is 69.0 Å². The maximum absolute atomic E-state index is 12.2. The van der Waals surface area contributed by atoms with E-state index in [1.54, 1.807) is 30.1 Å². The Morgan fingerprint density at radius 1 is 1.20 bits per heavy atom. The molecule has 2 aromatic carbocycles. The van der Waals surface area contributed by atoms with Crippen LogP contribution >= 0.6 is 23.2 Å². The number of rotatable bonds is 5. The molecule has 0 fully saturated rings. The first kappa shape index (κ1) is 17.3. The first-order valence-corrected chi connectivity index (χ1v) is 8.11. The molecule has 0 saturated heterocycles. The maximum Gasteiger partial charge on any atom is 0.251 e. The molecule has 8 heteroatoms. The summed E-state index contributed by atoms with van der Waals surface area (Å²) in [6, 6.07) is 12.1. The Labute approximate surface area is 154 Å². The smallest absolute Gasteiger partial charge is 0.251 e. The summed E-state index contributed by atoms with van der Waals surface area (Å²) in [5.74, 6) is 0.456. The molecular weight excluding hydrogens is 363 g/mol. The van der Waals surface area contributed by atoms with E-state index in [2.05, 4.69) is 15.6 Å². The van der Waals surface area contributed by atoms with Gasteiger partial charge in [0.1, 0.15) is 11.4 Å². The number of carbonyl (C=O) groups is 1. The Kier molecular flexibility index (Phi) is 5.21. The van der Waals surface area contributed by atoms with Gasteiger partial charge in [-0.25, -0.2) is 4.68 Å². The van der Waals surface area contributed by atoms with Gasteiger partial charge in [0.05, 0.1) is 35.6 Å². The summed E-state index contributed by atoms with van der Waals surface area (Å²) >= 11 is 11.8. The van der Waals surface area contributed by atoms with E-state index < -0.39 is 0 Å². The summed E-state index contributed by atoms with van der Waals surface area (Å²) in [7, 11) is 1.60. The molecule has 0 bridgehead atoms. The molecular formula is C17H14Cl2N4O2. The van der Waals surface area contributed by atoms with E-state index >= 15 is 0 Å². The van der Waals surface area contributed by atoms with E-state index in [0.717, 1.165) is 11.4 Å². The summed E-state index contributed by atoms with van der Waals surface area (Å²) in [4.78, 5) is 12.2. The average Bonchev–Trinajstić information content (AvgIpc) is 3.11. The van der Waals surface area contributed by atoms with Crippen molar-refractivity contribution < 1.29 is 9.53 Å². The van der Waals surface area contributed by atoms with Gasteiger partial charge in [-0.15, -0.1) is 5.10 Å². The van der Waals surface area contributed by atoms with E-state index in [1.165, 1.54) is 6.07 Å². The minimum Gasteiger partial charge on any atom is -0.497 e. The van der Waals surface area contributed by atoms with Crippen LogP contribution in [0.3, 0.4) is 0 Å². The van der Waals surface area contributed by atoms with Gasteiger partial charge in [-0.1, -0.05) is 34.5 Å². The molecule has 0 atom stereocenters. The van der Waals surface area contributed by atoms with Gasteiger partial charge in [-0.05, 0) is 30.3 Å². The van der Waals surface area contributed by atoms with Crippen LogP contribution in [0.4, 0.5) is 0 Å². The number of aromatic nitrogens is 3. The Morgan fingerprint density at radius 2 is 2.04 bits per heavy atom. The Hall–Kier alpha value is -2.57. The van der Waals surface area contributed by atoms with Crippen molar-refractivity contribution in [1.29, 1.82) is 0 Å². The Morgan fingerprint density at radius 3 is 2.80 bits per heavy atom. The highest BCUT2D eigenvalue weighted by atomic mass is 35.5. The monoisotopic (exact) mass is 376 g/mol. The third-order valence-electron chi connectivity index (χ3n) is 3.47. The second-order valence-corrected chi connectivity index (χ2v) is 5.98. The molecule has 128 valence electrons. The lowest BCUT2D eigenvalue weighted by molar-refractivity contribution is 0.0950. The van der Waals surface area contributed by atoms with Crippen molar-refractivity contribution >= 4 is 29.1 Å². The van der Waals surface area contributed by atoms with Crippen LogP contribution in [0.5, 0.6) is 5.75 Å². The Balaban J connectivity index is 1.67. The number of nitrogens with one attached hydrogen (secondary N) is 1. The fraction of sp³-hybridized carbons (Fsp3) is 0.118. The lowest BCUT2D eigenvalue weighted by Crippen LogP contribution is -2.22. The van der Waals surface area contributed by atoms with E-state index in [1.807, 2.05) is 24.3 Å². The Bertz CT molecular complexity index is 911. The van der Waals surface area contributed by atoms with E-state index in [9.17, 15) is 4.79 Å². The second kappa shape index (κ2) is 7.55.